The molecular formula is C8H5BrClFO4S. The summed E-state index contributed by atoms with van der Waals surface area (Å²) in [6.07, 6.45) is 0. The van der Waals surface area contributed by atoms with E-state index in [9.17, 15) is 17.6 Å². The first kappa shape index (κ1) is 13.4. The molecule has 0 unspecified atom stereocenters. The second kappa shape index (κ2) is 4.68. The molecule has 16 heavy (non-hydrogen) atoms. The standard InChI is InChI=1S/C8H5BrClFO4S/c1-15-8(12)5-2-4(16(10,13)14)3-6(11)7(5)9/h2-3H,1H3. The molecule has 1 rings (SSSR count). The second-order valence-corrected chi connectivity index (χ2v) is 6.06. The quantitative estimate of drug-likeness (QED) is 0.616. The first-order chi connectivity index (χ1) is 7.27. The smallest absolute Gasteiger partial charge is 0.339 e. The molecule has 0 aliphatic rings. The lowest BCUT2D eigenvalue weighted by Gasteiger charge is -2.05. The third kappa shape index (κ3) is 2.72. The van der Waals surface area contributed by atoms with Crippen LogP contribution in [0.2, 0.25) is 0 Å². The monoisotopic (exact) mass is 330 g/mol. The van der Waals surface area contributed by atoms with Crippen molar-refractivity contribution < 1.29 is 22.3 Å². The van der Waals surface area contributed by atoms with E-state index >= 15 is 0 Å². The lowest BCUT2D eigenvalue weighted by Crippen LogP contribution is -2.05. The van der Waals surface area contributed by atoms with Gasteiger partial charge >= 0.3 is 5.97 Å². The van der Waals surface area contributed by atoms with Crippen LogP contribution in [-0.2, 0) is 13.8 Å². The predicted octanol–water partition coefficient (Wildman–Crippen LogP) is 2.30. The van der Waals surface area contributed by atoms with E-state index in [0.717, 1.165) is 13.2 Å². The van der Waals surface area contributed by atoms with E-state index in [-0.39, 0.29) is 10.0 Å². The largest absolute Gasteiger partial charge is 0.465 e. The lowest BCUT2D eigenvalue weighted by molar-refractivity contribution is 0.0598. The Balaban J connectivity index is 3.51. The fourth-order valence-electron chi connectivity index (χ4n) is 0.963. The van der Waals surface area contributed by atoms with Gasteiger partial charge in [0.2, 0.25) is 0 Å². The van der Waals surface area contributed by atoms with Crippen LogP contribution in [0.5, 0.6) is 0 Å². The van der Waals surface area contributed by atoms with Gasteiger partial charge in [-0.15, -0.1) is 0 Å². The molecular weight excluding hydrogens is 327 g/mol. The molecule has 0 N–H and O–H groups in total. The van der Waals surface area contributed by atoms with Gasteiger partial charge in [-0.1, -0.05) is 0 Å². The zero-order valence-electron chi connectivity index (χ0n) is 7.83. The van der Waals surface area contributed by atoms with Crippen LogP contribution >= 0.6 is 26.6 Å². The van der Waals surface area contributed by atoms with Gasteiger partial charge in [-0.2, -0.15) is 0 Å². The molecule has 1 aromatic rings. The molecule has 4 nitrogen and oxygen atoms in total. The van der Waals surface area contributed by atoms with E-state index in [1.54, 1.807) is 0 Å². The van der Waals surface area contributed by atoms with Gasteiger partial charge in [0, 0.05) is 10.7 Å². The normalized spacial score (nSPS) is 11.2. The minimum Gasteiger partial charge on any atom is -0.465 e. The summed E-state index contributed by atoms with van der Waals surface area (Å²) < 4.78 is 39.5. The molecule has 0 bridgehead atoms. The maximum absolute atomic E-state index is 13.3. The summed E-state index contributed by atoms with van der Waals surface area (Å²) in [5.41, 5.74) is -0.248. The SMILES string of the molecule is COC(=O)c1cc(S(=O)(=O)Cl)cc(F)c1Br. The van der Waals surface area contributed by atoms with Crippen molar-refractivity contribution in [3.63, 3.8) is 0 Å². The van der Waals surface area contributed by atoms with Crippen molar-refractivity contribution in [3.8, 4) is 0 Å². The number of carbonyl (C=O) groups is 1. The van der Waals surface area contributed by atoms with Crippen LogP contribution in [0, 0.1) is 5.82 Å². The first-order valence-electron chi connectivity index (χ1n) is 3.79. The van der Waals surface area contributed by atoms with Gasteiger partial charge in [-0.05, 0) is 28.1 Å². The molecule has 1 aromatic carbocycles. The maximum atomic E-state index is 13.3. The Kier molecular flexibility index (Phi) is 3.92. The van der Waals surface area contributed by atoms with Gasteiger partial charge in [0.25, 0.3) is 9.05 Å². The van der Waals surface area contributed by atoms with Crippen molar-refractivity contribution in [2.24, 2.45) is 0 Å². The van der Waals surface area contributed by atoms with Crippen LogP contribution in [-0.4, -0.2) is 21.5 Å². The number of hydrogen-bond donors (Lipinski definition) is 0. The molecule has 0 fully saturated rings. The zero-order valence-corrected chi connectivity index (χ0v) is 11.0. The topological polar surface area (TPSA) is 60.4 Å². The third-order valence-electron chi connectivity index (χ3n) is 1.69. The van der Waals surface area contributed by atoms with Crippen molar-refractivity contribution in [1.29, 1.82) is 0 Å². The van der Waals surface area contributed by atoms with Gasteiger partial charge < -0.3 is 4.74 Å². The Morgan fingerprint density at radius 1 is 1.50 bits per heavy atom. The summed E-state index contributed by atoms with van der Waals surface area (Å²) in [6, 6.07) is 1.64. The van der Waals surface area contributed by atoms with Crippen molar-refractivity contribution in [1.82, 2.24) is 0 Å². The van der Waals surface area contributed by atoms with Crippen LogP contribution in [0.1, 0.15) is 10.4 Å². The average Bonchev–Trinajstić information content (AvgIpc) is 2.19. The molecule has 0 spiro atoms. The molecule has 0 aliphatic carbocycles. The highest BCUT2D eigenvalue weighted by Crippen LogP contribution is 2.27. The summed E-state index contributed by atoms with van der Waals surface area (Å²) in [5.74, 6) is -1.78. The van der Waals surface area contributed by atoms with Gasteiger partial charge in [-0.25, -0.2) is 17.6 Å². The lowest BCUT2D eigenvalue weighted by atomic mass is 10.2. The zero-order chi connectivity index (χ0) is 12.5. The van der Waals surface area contributed by atoms with E-state index < -0.39 is 25.7 Å². The summed E-state index contributed by atoms with van der Waals surface area (Å²) >= 11 is 2.81. The molecule has 0 saturated carbocycles. The molecule has 0 atom stereocenters. The maximum Gasteiger partial charge on any atom is 0.339 e. The van der Waals surface area contributed by atoms with Crippen LogP contribution in [0.15, 0.2) is 21.5 Å². The summed E-state index contributed by atoms with van der Waals surface area (Å²) in [7, 11) is 2.03. The fraction of sp³-hybridized carbons (Fsp3) is 0.125. The Morgan fingerprint density at radius 3 is 2.50 bits per heavy atom. The Bertz CT molecular complexity index is 543. The summed E-state index contributed by atoms with van der Waals surface area (Å²) in [4.78, 5) is 10.7. The molecule has 88 valence electrons. The highest BCUT2D eigenvalue weighted by molar-refractivity contribution is 9.10. The van der Waals surface area contributed by atoms with Crippen LogP contribution in [0.25, 0.3) is 0 Å². The second-order valence-electron chi connectivity index (χ2n) is 2.70. The Labute approximate surface area is 104 Å². The third-order valence-corrected chi connectivity index (χ3v) is 3.83. The van der Waals surface area contributed by atoms with Crippen molar-refractivity contribution in [2.75, 3.05) is 7.11 Å². The molecule has 0 heterocycles. The average molecular weight is 332 g/mol. The number of ether oxygens (including phenoxy) is 1. The molecule has 0 radical (unpaired) electrons. The number of benzene rings is 1. The molecule has 0 saturated heterocycles. The summed E-state index contributed by atoms with van der Waals surface area (Å²) in [5, 5.41) is 0. The fourth-order valence-corrected chi connectivity index (χ4v) is 2.12. The predicted molar refractivity (Wildman–Crippen MR) is 58.5 cm³/mol. The van der Waals surface area contributed by atoms with Gasteiger partial charge in [-0.3, -0.25) is 0 Å². The van der Waals surface area contributed by atoms with Crippen molar-refractivity contribution in [3.05, 3.63) is 28.0 Å². The number of esters is 1. The van der Waals surface area contributed by atoms with E-state index in [1.165, 1.54) is 0 Å². The Hall–Kier alpha value is -0.660. The highest BCUT2D eigenvalue weighted by atomic mass is 79.9. The number of halogens is 3. The van der Waals surface area contributed by atoms with Crippen molar-refractivity contribution in [2.45, 2.75) is 4.90 Å². The number of rotatable bonds is 2. The van der Waals surface area contributed by atoms with E-state index in [0.29, 0.717) is 6.07 Å². The summed E-state index contributed by atoms with van der Waals surface area (Å²) in [6.45, 7) is 0. The molecule has 8 heteroatoms. The number of carbonyl (C=O) groups excluding carboxylic acids is 1. The number of hydrogen-bond acceptors (Lipinski definition) is 4. The minimum atomic E-state index is -4.10. The number of methoxy groups -OCH3 is 1. The van der Waals surface area contributed by atoms with Gasteiger partial charge in [0.05, 0.1) is 22.0 Å². The first-order valence-corrected chi connectivity index (χ1v) is 6.89. The van der Waals surface area contributed by atoms with Crippen LogP contribution < -0.4 is 0 Å². The van der Waals surface area contributed by atoms with Crippen LogP contribution in [0.3, 0.4) is 0 Å². The Morgan fingerprint density at radius 2 is 2.06 bits per heavy atom. The molecule has 0 aromatic heterocycles. The van der Waals surface area contributed by atoms with E-state index in [2.05, 4.69) is 20.7 Å². The molecule has 0 amide bonds. The van der Waals surface area contributed by atoms with E-state index in [4.69, 9.17) is 10.7 Å². The van der Waals surface area contributed by atoms with Gasteiger partial charge in [0.15, 0.2) is 0 Å². The van der Waals surface area contributed by atoms with Gasteiger partial charge in [0.1, 0.15) is 5.82 Å². The van der Waals surface area contributed by atoms with Crippen molar-refractivity contribution >= 4 is 41.6 Å². The molecule has 0 aliphatic heterocycles. The van der Waals surface area contributed by atoms with Crippen LogP contribution in [0.4, 0.5) is 4.39 Å². The van der Waals surface area contributed by atoms with E-state index in [1.807, 2.05) is 0 Å². The highest BCUT2D eigenvalue weighted by Gasteiger charge is 2.20. The minimum absolute atomic E-state index is 0.177.